The van der Waals surface area contributed by atoms with Gasteiger partial charge in [0.25, 0.3) is 5.89 Å². The van der Waals surface area contributed by atoms with E-state index in [0.29, 0.717) is 5.56 Å². The molecule has 108 valence electrons. The van der Waals surface area contributed by atoms with Crippen molar-refractivity contribution in [3.05, 3.63) is 24.5 Å². The van der Waals surface area contributed by atoms with E-state index in [1.807, 2.05) is 0 Å². The lowest BCUT2D eigenvalue weighted by Crippen LogP contribution is -2.26. The minimum absolute atomic E-state index is 0.0743. The Morgan fingerprint density at radius 1 is 1.48 bits per heavy atom. The van der Waals surface area contributed by atoms with Crippen LogP contribution in [0.15, 0.2) is 28.9 Å². The third-order valence-electron chi connectivity index (χ3n) is 3.21. The number of ether oxygens (including phenoxy) is 1. The SMILES string of the molecule is COC(=O)C1CC(=O)N(c2nnc(-c3cccnc3)o2)C1. The number of amides is 1. The zero-order chi connectivity index (χ0) is 14.8. The standard InChI is InChI=1S/C13H12N4O4/c1-20-12(19)9-5-10(18)17(7-9)13-16-15-11(21-13)8-3-2-4-14-6-8/h2-4,6,9H,5,7H2,1H3. The molecule has 0 radical (unpaired) electrons. The first kappa shape index (κ1) is 13.2. The molecule has 0 bridgehead atoms. The van der Waals surface area contributed by atoms with E-state index in [0.717, 1.165) is 0 Å². The third kappa shape index (κ3) is 2.47. The van der Waals surface area contributed by atoms with Gasteiger partial charge in [-0.2, -0.15) is 0 Å². The maximum absolute atomic E-state index is 11.9. The zero-order valence-corrected chi connectivity index (χ0v) is 11.2. The quantitative estimate of drug-likeness (QED) is 0.765. The fraction of sp³-hybridized carbons (Fsp3) is 0.308. The average molecular weight is 288 g/mol. The number of aromatic nitrogens is 3. The maximum atomic E-state index is 11.9. The highest BCUT2D eigenvalue weighted by Crippen LogP contribution is 2.27. The van der Waals surface area contributed by atoms with E-state index in [4.69, 9.17) is 4.42 Å². The summed E-state index contributed by atoms with van der Waals surface area (Å²) >= 11 is 0. The van der Waals surface area contributed by atoms with Gasteiger partial charge in [-0.25, -0.2) is 0 Å². The van der Waals surface area contributed by atoms with E-state index in [2.05, 4.69) is 19.9 Å². The van der Waals surface area contributed by atoms with E-state index in [1.54, 1.807) is 24.5 Å². The second-order valence-electron chi connectivity index (χ2n) is 4.56. The molecular formula is C13H12N4O4. The predicted molar refractivity (Wildman–Crippen MR) is 70.0 cm³/mol. The molecule has 0 aromatic carbocycles. The smallest absolute Gasteiger partial charge is 0.325 e. The average Bonchev–Trinajstić information content (AvgIpc) is 3.14. The first-order chi connectivity index (χ1) is 10.2. The first-order valence-corrected chi connectivity index (χ1v) is 6.31. The summed E-state index contributed by atoms with van der Waals surface area (Å²) in [5.74, 6) is -0.895. The molecule has 1 aliphatic rings. The highest BCUT2D eigenvalue weighted by Gasteiger charge is 2.38. The monoisotopic (exact) mass is 288 g/mol. The Morgan fingerprint density at radius 3 is 3.05 bits per heavy atom. The minimum atomic E-state index is -0.503. The largest absolute Gasteiger partial charge is 0.469 e. The van der Waals surface area contributed by atoms with Crippen LogP contribution in [0.4, 0.5) is 6.01 Å². The predicted octanol–water partition coefficient (Wildman–Crippen LogP) is 0.658. The molecule has 3 heterocycles. The minimum Gasteiger partial charge on any atom is -0.469 e. The molecule has 2 aromatic rings. The van der Waals surface area contributed by atoms with Crippen LogP contribution < -0.4 is 4.90 Å². The molecule has 1 unspecified atom stereocenters. The van der Waals surface area contributed by atoms with E-state index in [1.165, 1.54) is 12.0 Å². The van der Waals surface area contributed by atoms with E-state index < -0.39 is 11.9 Å². The van der Waals surface area contributed by atoms with Gasteiger partial charge >= 0.3 is 12.0 Å². The van der Waals surface area contributed by atoms with Gasteiger partial charge < -0.3 is 9.15 Å². The lowest BCUT2D eigenvalue weighted by molar-refractivity contribution is -0.145. The molecule has 0 spiro atoms. The van der Waals surface area contributed by atoms with Crippen molar-refractivity contribution in [2.45, 2.75) is 6.42 Å². The normalized spacial score (nSPS) is 18.0. The van der Waals surface area contributed by atoms with Crippen molar-refractivity contribution < 1.29 is 18.7 Å². The fourth-order valence-electron chi connectivity index (χ4n) is 2.15. The van der Waals surface area contributed by atoms with E-state index in [9.17, 15) is 9.59 Å². The van der Waals surface area contributed by atoms with Gasteiger partial charge in [-0.05, 0) is 12.1 Å². The highest BCUT2D eigenvalue weighted by molar-refractivity contribution is 5.97. The maximum Gasteiger partial charge on any atom is 0.325 e. The van der Waals surface area contributed by atoms with Gasteiger partial charge in [0.05, 0.1) is 18.6 Å². The lowest BCUT2D eigenvalue weighted by Gasteiger charge is -2.09. The molecule has 8 heteroatoms. The molecule has 1 fully saturated rings. The summed E-state index contributed by atoms with van der Waals surface area (Å²) in [7, 11) is 1.29. The first-order valence-electron chi connectivity index (χ1n) is 6.31. The highest BCUT2D eigenvalue weighted by atomic mass is 16.5. The van der Waals surface area contributed by atoms with Crippen molar-refractivity contribution in [1.82, 2.24) is 15.2 Å². The van der Waals surface area contributed by atoms with Gasteiger partial charge in [0.2, 0.25) is 5.91 Å². The molecule has 0 aliphatic carbocycles. The van der Waals surface area contributed by atoms with Crippen LogP contribution in [0.3, 0.4) is 0 Å². The summed E-state index contributed by atoms with van der Waals surface area (Å²) in [5.41, 5.74) is 0.660. The number of hydrogen-bond acceptors (Lipinski definition) is 7. The molecule has 1 amide bonds. The number of esters is 1. The summed E-state index contributed by atoms with van der Waals surface area (Å²) in [4.78, 5) is 28.7. The van der Waals surface area contributed by atoms with Crippen molar-refractivity contribution in [3.63, 3.8) is 0 Å². The Hall–Kier alpha value is -2.77. The number of carbonyl (C=O) groups is 2. The Balaban J connectivity index is 1.81. The van der Waals surface area contributed by atoms with Crippen molar-refractivity contribution in [1.29, 1.82) is 0 Å². The topological polar surface area (TPSA) is 98.4 Å². The molecule has 0 N–H and O–H groups in total. The number of methoxy groups -OCH3 is 1. The molecule has 2 aromatic heterocycles. The summed E-state index contributed by atoms with van der Waals surface area (Å²) < 4.78 is 10.1. The Kier molecular flexibility index (Phi) is 3.35. The van der Waals surface area contributed by atoms with Crippen LogP contribution in [0, 0.1) is 5.92 Å². The number of anilines is 1. The number of nitrogens with zero attached hydrogens (tertiary/aromatic N) is 4. The molecule has 1 atom stereocenters. The van der Waals surface area contributed by atoms with Crippen molar-refractivity contribution >= 4 is 17.9 Å². The molecule has 21 heavy (non-hydrogen) atoms. The van der Waals surface area contributed by atoms with Gasteiger partial charge in [0.1, 0.15) is 0 Å². The van der Waals surface area contributed by atoms with E-state index >= 15 is 0 Å². The summed E-state index contributed by atoms with van der Waals surface area (Å²) in [6.07, 6.45) is 3.30. The second kappa shape index (κ2) is 5.31. The fourth-order valence-corrected chi connectivity index (χ4v) is 2.15. The van der Waals surface area contributed by atoms with Crippen LogP contribution >= 0.6 is 0 Å². The number of carbonyl (C=O) groups excluding carboxylic acids is 2. The summed E-state index contributed by atoms with van der Waals surface area (Å²) in [6, 6.07) is 3.59. The Labute approximate surface area is 119 Å². The number of rotatable bonds is 3. The van der Waals surface area contributed by atoms with Crippen LogP contribution in [0.1, 0.15) is 6.42 Å². The van der Waals surface area contributed by atoms with Crippen molar-refractivity contribution in [2.24, 2.45) is 5.92 Å². The van der Waals surface area contributed by atoms with Crippen LogP contribution in [-0.4, -0.2) is 40.7 Å². The lowest BCUT2D eigenvalue weighted by atomic mass is 10.1. The van der Waals surface area contributed by atoms with Crippen LogP contribution in [0.25, 0.3) is 11.5 Å². The summed E-state index contributed by atoms with van der Waals surface area (Å²) in [5, 5.41) is 7.74. The zero-order valence-electron chi connectivity index (χ0n) is 11.2. The van der Waals surface area contributed by atoms with Gasteiger partial charge in [-0.15, -0.1) is 5.10 Å². The molecule has 0 saturated carbocycles. The summed E-state index contributed by atoms with van der Waals surface area (Å²) in [6.45, 7) is 0.181. The Morgan fingerprint density at radius 2 is 2.33 bits per heavy atom. The van der Waals surface area contributed by atoms with Gasteiger partial charge in [0, 0.05) is 25.4 Å². The van der Waals surface area contributed by atoms with Crippen LogP contribution in [0.2, 0.25) is 0 Å². The Bertz CT molecular complexity index is 670. The number of pyridine rings is 1. The van der Waals surface area contributed by atoms with Gasteiger partial charge in [-0.1, -0.05) is 5.10 Å². The molecule has 1 saturated heterocycles. The second-order valence-corrected chi connectivity index (χ2v) is 4.56. The number of hydrogen-bond donors (Lipinski definition) is 0. The molecule has 1 aliphatic heterocycles. The van der Waals surface area contributed by atoms with Crippen LogP contribution in [-0.2, 0) is 14.3 Å². The van der Waals surface area contributed by atoms with Crippen LogP contribution in [0.5, 0.6) is 0 Å². The third-order valence-corrected chi connectivity index (χ3v) is 3.21. The van der Waals surface area contributed by atoms with Crippen molar-refractivity contribution in [3.8, 4) is 11.5 Å². The molecular weight excluding hydrogens is 276 g/mol. The van der Waals surface area contributed by atoms with E-state index in [-0.39, 0.29) is 30.8 Å². The van der Waals surface area contributed by atoms with Gasteiger partial charge in [-0.3, -0.25) is 19.5 Å². The molecule has 8 nitrogen and oxygen atoms in total. The van der Waals surface area contributed by atoms with Crippen molar-refractivity contribution in [2.75, 3.05) is 18.6 Å². The molecule has 3 rings (SSSR count). The van der Waals surface area contributed by atoms with Gasteiger partial charge in [0.15, 0.2) is 0 Å².